The van der Waals surface area contributed by atoms with Crippen molar-refractivity contribution in [3.63, 3.8) is 0 Å². The van der Waals surface area contributed by atoms with Crippen molar-refractivity contribution in [1.82, 2.24) is 14.2 Å². The molecule has 0 spiro atoms. The summed E-state index contributed by atoms with van der Waals surface area (Å²) >= 11 is 0. The van der Waals surface area contributed by atoms with E-state index in [1.54, 1.807) is 42.6 Å². The third kappa shape index (κ3) is 2.35. The summed E-state index contributed by atoms with van der Waals surface area (Å²) in [6.45, 7) is 0.762. The number of pyridine rings is 1. The van der Waals surface area contributed by atoms with Crippen molar-refractivity contribution in [2.45, 2.75) is 6.54 Å². The first kappa shape index (κ1) is 12.3. The van der Waals surface area contributed by atoms with E-state index in [-0.39, 0.29) is 5.69 Å². The van der Waals surface area contributed by atoms with E-state index in [1.807, 2.05) is 6.07 Å². The Kier molecular flexibility index (Phi) is 3.12. The smallest absolute Gasteiger partial charge is 0.350 e. The zero-order chi connectivity index (χ0) is 13.9. The maximum atomic E-state index is 12.0. The van der Waals surface area contributed by atoms with Crippen LogP contribution in [0.5, 0.6) is 5.75 Å². The lowest BCUT2D eigenvalue weighted by Crippen LogP contribution is -2.23. The topological polar surface area (TPSA) is 74.6 Å². The van der Waals surface area contributed by atoms with Gasteiger partial charge in [-0.3, -0.25) is 4.40 Å². The van der Waals surface area contributed by atoms with Gasteiger partial charge in [-0.25, -0.2) is 9.48 Å². The summed E-state index contributed by atoms with van der Waals surface area (Å²) in [5, 5.41) is 4.22. The third-order valence-corrected chi connectivity index (χ3v) is 2.94. The Bertz CT molecular complexity index is 774. The third-order valence-electron chi connectivity index (χ3n) is 2.94. The molecule has 0 saturated carbocycles. The number of benzene rings is 1. The van der Waals surface area contributed by atoms with Gasteiger partial charge in [0.25, 0.3) is 0 Å². The molecular weight excluding hydrogens is 256 g/mol. The molecule has 0 radical (unpaired) electrons. The first-order valence-electron chi connectivity index (χ1n) is 6.26. The maximum Gasteiger partial charge on any atom is 0.350 e. The molecule has 6 heteroatoms. The van der Waals surface area contributed by atoms with Crippen LogP contribution in [0.3, 0.4) is 0 Å². The number of hydrogen-bond acceptors (Lipinski definition) is 4. The molecule has 2 heterocycles. The Morgan fingerprint density at radius 1 is 1.15 bits per heavy atom. The van der Waals surface area contributed by atoms with Gasteiger partial charge in [-0.1, -0.05) is 6.07 Å². The highest BCUT2D eigenvalue weighted by Gasteiger charge is 2.05. The molecule has 0 amide bonds. The quantitative estimate of drug-likeness (QED) is 0.722. The Morgan fingerprint density at radius 2 is 1.95 bits per heavy atom. The lowest BCUT2D eigenvalue weighted by molar-refractivity contribution is 0.289. The predicted octanol–water partition coefficient (Wildman–Crippen LogP) is 1.16. The van der Waals surface area contributed by atoms with Gasteiger partial charge in [0.05, 0.1) is 6.54 Å². The molecule has 0 fully saturated rings. The molecule has 0 saturated heterocycles. The summed E-state index contributed by atoms with van der Waals surface area (Å²) in [7, 11) is 0. The zero-order valence-corrected chi connectivity index (χ0v) is 10.8. The summed E-state index contributed by atoms with van der Waals surface area (Å²) in [6.07, 6.45) is 1.70. The second kappa shape index (κ2) is 5.08. The molecule has 2 aromatic heterocycles. The molecule has 3 rings (SSSR count). The molecule has 0 aliphatic rings. The molecule has 3 aromatic rings. The van der Waals surface area contributed by atoms with Crippen LogP contribution in [0.1, 0.15) is 0 Å². The number of fused-ring (bicyclic) bond motifs is 1. The largest absolute Gasteiger partial charge is 0.492 e. The standard InChI is InChI=1S/C14H14N4O2/c15-11-4-6-12(7-5-11)20-10-9-18-14(19)17-8-2-1-3-13(17)16-18/h1-8H,9-10,15H2. The van der Waals surface area contributed by atoms with Crippen LogP contribution in [0.4, 0.5) is 5.69 Å². The van der Waals surface area contributed by atoms with Crippen LogP contribution < -0.4 is 16.2 Å². The van der Waals surface area contributed by atoms with Gasteiger partial charge in [0.2, 0.25) is 0 Å². The predicted molar refractivity (Wildman–Crippen MR) is 75.8 cm³/mol. The molecule has 2 N–H and O–H groups in total. The van der Waals surface area contributed by atoms with Crippen LogP contribution in [0, 0.1) is 0 Å². The second-order valence-corrected chi connectivity index (χ2v) is 4.35. The summed E-state index contributed by atoms with van der Waals surface area (Å²) in [6, 6.07) is 12.6. The number of nitrogen functional groups attached to an aromatic ring is 1. The second-order valence-electron chi connectivity index (χ2n) is 4.35. The molecule has 0 bridgehead atoms. The molecule has 0 atom stereocenters. The first-order valence-corrected chi connectivity index (χ1v) is 6.26. The van der Waals surface area contributed by atoms with Crippen molar-refractivity contribution in [3.05, 3.63) is 59.1 Å². The van der Waals surface area contributed by atoms with Crippen molar-refractivity contribution < 1.29 is 4.74 Å². The van der Waals surface area contributed by atoms with Gasteiger partial charge in [-0.2, -0.15) is 0 Å². The highest BCUT2D eigenvalue weighted by Crippen LogP contribution is 2.12. The minimum absolute atomic E-state index is 0.165. The number of nitrogens with two attached hydrogens (primary N) is 1. The van der Waals surface area contributed by atoms with Crippen molar-refractivity contribution in [1.29, 1.82) is 0 Å². The number of rotatable bonds is 4. The normalized spacial score (nSPS) is 10.8. The average Bonchev–Trinajstić information content (AvgIpc) is 2.78. The van der Waals surface area contributed by atoms with E-state index in [4.69, 9.17) is 10.5 Å². The fraction of sp³-hybridized carbons (Fsp3) is 0.143. The SMILES string of the molecule is Nc1ccc(OCCn2nc3ccccn3c2=O)cc1. The summed E-state index contributed by atoms with van der Waals surface area (Å²) in [4.78, 5) is 12.0. The minimum atomic E-state index is -0.165. The van der Waals surface area contributed by atoms with Crippen LogP contribution in [0.25, 0.3) is 5.65 Å². The molecule has 6 nitrogen and oxygen atoms in total. The Labute approximate surface area is 115 Å². The Morgan fingerprint density at radius 3 is 2.70 bits per heavy atom. The van der Waals surface area contributed by atoms with Gasteiger partial charge in [-0.05, 0) is 36.4 Å². The fourth-order valence-electron chi connectivity index (χ4n) is 1.93. The maximum absolute atomic E-state index is 12.0. The Balaban J connectivity index is 1.69. The monoisotopic (exact) mass is 270 g/mol. The first-order chi connectivity index (χ1) is 9.74. The van der Waals surface area contributed by atoms with E-state index in [0.717, 1.165) is 5.75 Å². The highest BCUT2D eigenvalue weighted by molar-refractivity contribution is 5.41. The van der Waals surface area contributed by atoms with Crippen LogP contribution >= 0.6 is 0 Å². The van der Waals surface area contributed by atoms with Crippen LogP contribution in [-0.2, 0) is 6.54 Å². The van der Waals surface area contributed by atoms with Gasteiger partial charge >= 0.3 is 5.69 Å². The fourth-order valence-corrected chi connectivity index (χ4v) is 1.93. The van der Waals surface area contributed by atoms with Gasteiger partial charge in [0, 0.05) is 11.9 Å². The van der Waals surface area contributed by atoms with Crippen LogP contribution in [0.15, 0.2) is 53.5 Å². The van der Waals surface area contributed by atoms with E-state index in [1.165, 1.54) is 9.08 Å². The number of nitrogens with zero attached hydrogens (tertiary/aromatic N) is 3. The molecular formula is C14H14N4O2. The van der Waals surface area contributed by atoms with Gasteiger partial charge in [-0.15, -0.1) is 5.10 Å². The van der Waals surface area contributed by atoms with E-state index >= 15 is 0 Å². The lowest BCUT2D eigenvalue weighted by Gasteiger charge is -2.05. The van der Waals surface area contributed by atoms with Crippen LogP contribution in [0.2, 0.25) is 0 Å². The van der Waals surface area contributed by atoms with Crippen molar-refractivity contribution >= 4 is 11.3 Å². The van der Waals surface area contributed by atoms with E-state index < -0.39 is 0 Å². The van der Waals surface area contributed by atoms with Gasteiger partial charge in [0.1, 0.15) is 12.4 Å². The zero-order valence-electron chi connectivity index (χ0n) is 10.8. The van der Waals surface area contributed by atoms with Crippen molar-refractivity contribution in [2.75, 3.05) is 12.3 Å². The molecule has 20 heavy (non-hydrogen) atoms. The van der Waals surface area contributed by atoms with Gasteiger partial charge < -0.3 is 10.5 Å². The number of hydrogen-bond donors (Lipinski definition) is 1. The minimum Gasteiger partial charge on any atom is -0.492 e. The number of ether oxygens (including phenoxy) is 1. The van der Waals surface area contributed by atoms with E-state index in [2.05, 4.69) is 5.10 Å². The number of aromatic nitrogens is 3. The van der Waals surface area contributed by atoms with E-state index in [9.17, 15) is 4.79 Å². The van der Waals surface area contributed by atoms with Crippen molar-refractivity contribution in [2.24, 2.45) is 0 Å². The molecule has 0 aliphatic heterocycles. The molecule has 0 unspecified atom stereocenters. The Hall–Kier alpha value is -2.76. The average molecular weight is 270 g/mol. The van der Waals surface area contributed by atoms with E-state index in [0.29, 0.717) is 24.5 Å². The van der Waals surface area contributed by atoms with Crippen LogP contribution in [-0.4, -0.2) is 20.8 Å². The number of anilines is 1. The van der Waals surface area contributed by atoms with Crippen molar-refractivity contribution in [3.8, 4) is 5.75 Å². The highest BCUT2D eigenvalue weighted by atomic mass is 16.5. The summed E-state index contributed by atoms with van der Waals surface area (Å²) in [5.41, 5.74) is 6.75. The summed E-state index contributed by atoms with van der Waals surface area (Å²) < 4.78 is 8.45. The summed E-state index contributed by atoms with van der Waals surface area (Å²) in [5.74, 6) is 0.719. The lowest BCUT2D eigenvalue weighted by atomic mass is 10.3. The van der Waals surface area contributed by atoms with Gasteiger partial charge in [0.15, 0.2) is 5.65 Å². The molecule has 0 aliphatic carbocycles. The molecule has 102 valence electrons. The molecule has 1 aromatic carbocycles.